The fourth-order valence-electron chi connectivity index (χ4n) is 11.5. The largest absolute Gasteiger partial charge is 0.472 e. The minimum Gasteiger partial charge on any atom is -0.462 e. The van der Waals surface area contributed by atoms with Crippen LogP contribution in [0.15, 0.2) is 0 Å². The summed E-state index contributed by atoms with van der Waals surface area (Å²) in [5.41, 5.74) is 0. The highest BCUT2D eigenvalue weighted by atomic mass is 31.2. The van der Waals surface area contributed by atoms with Gasteiger partial charge in [-0.05, 0) is 37.5 Å². The molecule has 0 amide bonds. The van der Waals surface area contributed by atoms with E-state index in [2.05, 4.69) is 41.5 Å². The van der Waals surface area contributed by atoms with Crippen LogP contribution in [0.5, 0.6) is 0 Å². The van der Waals surface area contributed by atoms with Gasteiger partial charge in [-0.3, -0.25) is 37.3 Å². The lowest BCUT2D eigenvalue weighted by Crippen LogP contribution is -2.30. The first-order valence-corrected chi connectivity index (χ1v) is 42.0. The van der Waals surface area contributed by atoms with Crippen molar-refractivity contribution in [3.05, 3.63) is 0 Å². The molecule has 0 aromatic heterocycles. The van der Waals surface area contributed by atoms with E-state index >= 15 is 0 Å². The van der Waals surface area contributed by atoms with Crippen LogP contribution < -0.4 is 0 Å². The lowest BCUT2D eigenvalue weighted by molar-refractivity contribution is -0.161. The number of carbonyl (C=O) groups is 4. The van der Waals surface area contributed by atoms with Gasteiger partial charge in [0, 0.05) is 25.7 Å². The highest BCUT2D eigenvalue weighted by Crippen LogP contribution is 2.45. The van der Waals surface area contributed by atoms with Gasteiger partial charge in [-0.15, -0.1) is 0 Å². The van der Waals surface area contributed by atoms with E-state index in [9.17, 15) is 43.2 Å². The van der Waals surface area contributed by atoms with Crippen LogP contribution in [0, 0.1) is 11.8 Å². The van der Waals surface area contributed by atoms with Crippen LogP contribution in [0.2, 0.25) is 0 Å². The van der Waals surface area contributed by atoms with Crippen molar-refractivity contribution >= 4 is 39.5 Å². The number of ether oxygens (including phenoxy) is 4. The molecule has 0 saturated heterocycles. The van der Waals surface area contributed by atoms with Gasteiger partial charge in [-0.1, -0.05) is 337 Å². The Morgan fingerprint density at radius 3 is 0.723 bits per heavy atom. The molecule has 0 rings (SSSR count). The molecule has 558 valence electrons. The summed E-state index contributed by atoms with van der Waals surface area (Å²) >= 11 is 0. The molecule has 17 nitrogen and oxygen atoms in total. The summed E-state index contributed by atoms with van der Waals surface area (Å²) in [6, 6.07) is 0. The van der Waals surface area contributed by atoms with Gasteiger partial charge in [0.2, 0.25) is 0 Å². The number of phosphoric ester groups is 2. The van der Waals surface area contributed by atoms with E-state index in [0.29, 0.717) is 31.6 Å². The van der Waals surface area contributed by atoms with Crippen molar-refractivity contribution < 1.29 is 80.2 Å². The number of hydrogen-bond donors (Lipinski definition) is 3. The number of aliphatic hydroxyl groups is 1. The van der Waals surface area contributed by atoms with Crippen LogP contribution in [0.4, 0.5) is 0 Å². The molecule has 0 aromatic rings. The second-order valence-corrected chi connectivity index (χ2v) is 30.9. The molecule has 0 bridgehead atoms. The third-order valence-electron chi connectivity index (χ3n) is 17.5. The topological polar surface area (TPSA) is 237 Å². The number of carbonyl (C=O) groups excluding carboxylic acids is 4. The zero-order valence-electron chi connectivity index (χ0n) is 61.3. The van der Waals surface area contributed by atoms with Gasteiger partial charge in [0.25, 0.3) is 0 Å². The van der Waals surface area contributed by atoms with Crippen LogP contribution in [0.1, 0.15) is 388 Å². The predicted molar refractivity (Wildman–Crippen MR) is 381 cm³/mol. The first kappa shape index (κ1) is 92.1. The summed E-state index contributed by atoms with van der Waals surface area (Å²) in [4.78, 5) is 72.6. The van der Waals surface area contributed by atoms with E-state index in [-0.39, 0.29) is 25.7 Å². The first-order chi connectivity index (χ1) is 45.4. The summed E-state index contributed by atoms with van der Waals surface area (Å²) in [7, 11) is -9.90. The second kappa shape index (κ2) is 66.9. The van der Waals surface area contributed by atoms with Crippen molar-refractivity contribution in [2.75, 3.05) is 39.6 Å². The fraction of sp³-hybridized carbons (Fsp3) is 0.947. The van der Waals surface area contributed by atoms with Crippen LogP contribution in [-0.2, 0) is 65.4 Å². The molecule has 0 aliphatic heterocycles. The summed E-state index contributed by atoms with van der Waals surface area (Å²) in [6.07, 6.45) is 54.5. The van der Waals surface area contributed by atoms with E-state index in [4.69, 9.17) is 37.0 Å². The monoisotopic (exact) mass is 1380 g/mol. The van der Waals surface area contributed by atoms with E-state index < -0.39 is 97.5 Å². The molecule has 19 heteroatoms. The van der Waals surface area contributed by atoms with E-state index in [1.807, 2.05) is 0 Å². The second-order valence-electron chi connectivity index (χ2n) is 28.0. The molecular weight excluding hydrogens is 1230 g/mol. The smallest absolute Gasteiger partial charge is 0.462 e. The van der Waals surface area contributed by atoms with Gasteiger partial charge < -0.3 is 33.8 Å². The zero-order chi connectivity index (χ0) is 69.3. The van der Waals surface area contributed by atoms with Crippen molar-refractivity contribution in [2.24, 2.45) is 11.8 Å². The van der Waals surface area contributed by atoms with Crippen molar-refractivity contribution in [3.63, 3.8) is 0 Å². The van der Waals surface area contributed by atoms with Gasteiger partial charge >= 0.3 is 39.5 Å². The normalized spacial score (nSPS) is 14.0. The van der Waals surface area contributed by atoms with Gasteiger partial charge in [-0.25, -0.2) is 9.13 Å². The molecule has 0 heterocycles. The third-order valence-corrected chi connectivity index (χ3v) is 19.4. The van der Waals surface area contributed by atoms with Crippen molar-refractivity contribution in [1.82, 2.24) is 0 Å². The average molecular weight is 1380 g/mol. The summed E-state index contributed by atoms with van der Waals surface area (Å²) in [5, 5.41) is 10.6. The Labute approximate surface area is 575 Å². The Balaban J connectivity index is 5.16. The highest BCUT2D eigenvalue weighted by molar-refractivity contribution is 7.47. The molecule has 0 fully saturated rings. The van der Waals surface area contributed by atoms with E-state index in [1.54, 1.807) is 0 Å². The maximum atomic E-state index is 13.1. The van der Waals surface area contributed by atoms with Crippen LogP contribution in [0.25, 0.3) is 0 Å². The number of rotatable bonds is 74. The summed E-state index contributed by atoms with van der Waals surface area (Å²) in [5.74, 6) is -0.684. The zero-order valence-corrected chi connectivity index (χ0v) is 63.1. The third kappa shape index (κ3) is 68.6. The quantitative estimate of drug-likeness (QED) is 0.0222. The molecule has 5 atom stereocenters. The maximum Gasteiger partial charge on any atom is 0.472 e. The predicted octanol–water partition coefficient (Wildman–Crippen LogP) is 21.9. The van der Waals surface area contributed by atoms with Crippen molar-refractivity contribution in [1.29, 1.82) is 0 Å². The SMILES string of the molecule is CCCCCCCCCCCCCCCCCCCCCCCCC(=O)O[C@H](COC(=O)CCCCCCCCCCCCC(C)C)COP(=O)(O)OC[C@@H](O)COP(=O)(O)OC[C@@H](COC(=O)CCCCCCCCC(C)C)OC(=O)CCCCCCCCCCCC. The minimum absolute atomic E-state index is 0.105. The van der Waals surface area contributed by atoms with Crippen LogP contribution in [0.3, 0.4) is 0 Å². The Kier molecular flexibility index (Phi) is 65.5. The summed E-state index contributed by atoms with van der Waals surface area (Å²) < 4.78 is 68.4. The van der Waals surface area contributed by atoms with E-state index in [0.717, 1.165) is 102 Å². The van der Waals surface area contributed by atoms with Gasteiger partial charge in [0.1, 0.15) is 19.3 Å². The Morgan fingerprint density at radius 2 is 0.489 bits per heavy atom. The highest BCUT2D eigenvalue weighted by Gasteiger charge is 2.30. The molecule has 0 aliphatic carbocycles. The Morgan fingerprint density at radius 1 is 0.287 bits per heavy atom. The number of esters is 4. The van der Waals surface area contributed by atoms with Crippen LogP contribution >= 0.6 is 15.6 Å². The fourth-order valence-corrected chi connectivity index (χ4v) is 13.1. The Hall–Kier alpha value is -1.94. The van der Waals surface area contributed by atoms with Crippen molar-refractivity contribution in [2.45, 2.75) is 407 Å². The molecule has 0 radical (unpaired) electrons. The maximum absolute atomic E-state index is 13.1. The molecule has 0 saturated carbocycles. The molecule has 0 spiro atoms. The molecule has 0 aliphatic rings. The minimum atomic E-state index is -4.96. The number of aliphatic hydroxyl groups excluding tert-OH is 1. The lowest BCUT2D eigenvalue weighted by atomic mass is 10.0. The Bertz CT molecular complexity index is 1820. The molecule has 94 heavy (non-hydrogen) atoms. The number of phosphoric acid groups is 2. The van der Waals surface area contributed by atoms with Gasteiger partial charge in [0.15, 0.2) is 12.2 Å². The lowest BCUT2D eigenvalue weighted by Gasteiger charge is -2.21. The molecule has 3 N–H and O–H groups in total. The molecule has 0 aromatic carbocycles. The van der Waals surface area contributed by atoms with E-state index in [1.165, 1.54) is 199 Å². The number of hydrogen-bond acceptors (Lipinski definition) is 15. The number of unbranched alkanes of at least 4 members (excludes halogenated alkanes) is 44. The molecule has 2 unspecified atom stereocenters. The van der Waals surface area contributed by atoms with Crippen molar-refractivity contribution in [3.8, 4) is 0 Å². The molecular formula is C75H146O17P2. The van der Waals surface area contributed by atoms with Crippen LogP contribution in [-0.4, -0.2) is 96.7 Å². The van der Waals surface area contributed by atoms with Gasteiger partial charge in [0.05, 0.1) is 26.4 Å². The standard InChI is InChI=1S/C75H146O17P2/c1-7-9-11-13-15-17-19-20-21-22-23-24-25-26-27-28-29-30-36-40-48-54-60-75(80)91-70(63-85-72(77)57-51-45-38-35-32-31-33-37-43-49-55-67(3)4)65-89-93(81,82)87-61-69(76)62-88-94(83,84)90-66-71(64-86-73(78)58-52-46-42-41-44-50-56-68(5)6)92-74(79)59-53-47-39-34-18-16-14-12-10-8-2/h67-71,76H,7-66H2,1-6H3,(H,81,82)(H,83,84)/t69-,70-,71-/m1/s1. The average Bonchev–Trinajstić information content (AvgIpc) is 1.21. The summed E-state index contributed by atoms with van der Waals surface area (Å²) in [6.45, 7) is 9.48. The van der Waals surface area contributed by atoms with Gasteiger partial charge in [-0.2, -0.15) is 0 Å². The first-order valence-electron chi connectivity index (χ1n) is 39.0.